The summed E-state index contributed by atoms with van der Waals surface area (Å²) in [6.45, 7) is 4.18. The SMILES string of the molecule is C1CCC(CC2CCC34OC3(C2)O4)CC1.CC1(C)CC23OC2(CC1(CC1CCCCC1)C(=O)O)O3. The van der Waals surface area contributed by atoms with E-state index in [1.807, 2.05) is 0 Å². The van der Waals surface area contributed by atoms with Crippen molar-refractivity contribution < 1.29 is 28.8 Å². The molecular formula is C29H44O6. The smallest absolute Gasteiger partial charge is 0.310 e. The Morgan fingerprint density at radius 3 is 1.89 bits per heavy atom. The van der Waals surface area contributed by atoms with Crippen LogP contribution in [0.4, 0.5) is 0 Å². The molecule has 6 heteroatoms. The summed E-state index contributed by atoms with van der Waals surface area (Å²) in [4.78, 5) is 12.2. The number of carboxylic acids is 1. The Hall–Kier alpha value is -0.690. The monoisotopic (exact) mass is 488 g/mol. The molecule has 196 valence electrons. The number of carbonyl (C=O) groups is 1. The first-order valence-electron chi connectivity index (χ1n) is 14.7. The third kappa shape index (κ3) is 3.52. The van der Waals surface area contributed by atoms with Crippen LogP contribution in [0.5, 0.6) is 0 Å². The molecule has 8 aliphatic rings. The molecule has 0 aromatic rings. The molecule has 0 radical (unpaired) electrons. The van der Waals surface area contributed by atoms with E-state index < -0.39 is 23.0 Å². The summed E-state index contributed by atoms with van der Waals surface area (Å²) >= 11 is 0. The molecule has 4 saturated carbocycles. The van der Waals surface area contributed by atoms with E-state index in [2.05, 4.69) is 13.8 Å². The molecule has 0 aromatic carbocycles. The molecule has 8 fully saturated rings. The van der Waals surface area contributed by atoms with Gasteiger partial charge >= 0.3 is 5.97 Å². The number of hydrogen-bond donors (Lipinski definition) is 1. The fourth-order valence-corrected chi connectivity index (χ4v) is 8.97. The summed E-state index contributed by atoms with van der Waals surface area (Å²) in [5, 5.41) is 10.0. The first-order chi connectivity index (χ1) is 16.7. The van der Waals surface area contributed by atoms with Gasteiger partial charge in [0.15, 0.2) is 0 Å². The van der Waals surface area contributed by atoms with Crippen LogP contribution >= 0.6 is 0 Å². The first kappa shape index (κ1) is 23.4. The van der Waals surface area contributed by atoms with Gasteiger partial charge in [-0.3, -0.25) is 4.79 Å². The summed E-state index contributed by atoms with van der Waals surface area (Å²) in [7, 11) is 0. The summed E-state index contributed by atoms with van der Waals surface area (Å²) in [6.07, 6.45) is 20.8. The quantitative estimate of drug-likeness (QED) is 0.444. The van der Waals surface area contributed by atoms with Crippen LogP contribution in [0.25, 0.3) is 0 Å². The van der Waals surface area contributed by atoms with E-state index in [1.165, 1.54) is 89.9 Å². The standard InChI is InChI=1S/C16H24O4.C13H20O2/c1-13(2)9-15-16(19-15,20-15)10-14(13,12(17)18)8-11-6-4-3-5-7-11;1-2-4-10(5-3-1)8-11-6-7-12-13(9-11,14-12)15-12/h11H,3-10H2,1-2H3,(H,17,18);10-11H,1-9H2. The highest BCUT2D eigenvalue weighted by Gasteiger charge is 2.95. The maximum Gasteiger partial charge on any atom is 0.310 e. The maximum absolute atomic E-state index is 12.2. The van der Waals surface area contributed by atoms with Gasteiger partial charge in [0.2, 0.25) is 23.1 Å². The number of carboxylic acid groups (broad SMARTS) is 1. The zero-order chi connectivity index (χ0) is 24.2. The van der Waals surface area contributed by atoms with Gasteiger partial charge < -0.3 is 24.1 Å². The minimum Gasteiger partial charge on any atom is -0.481 e. The Bertz CT molecular complexity index is 872. The van der Waals surface area contributed by atoms with Crippen molar-refractivity contribution in [2.45, 2.75) is 146 Å². The molecule has 0 amide bonds. The second-order valence-electron chi connectivity index (χ2n) is 14.1. The molecule has 0 bridgehead atoms. The van der Waals surface area contributed by atoms with Crippen molar-refractivity contribution in [1.82, 2.24) is 0 Å². The van der Waals surface area contributed by atoms with Crippen LogP contribution < -0.4 is 0 Å². The van der Waals surface area contributed by atoms with Crippen molar-refractivity contribution >= 4 is 5.97 Å². The molecule has 4 aliphatic heterocycles. The molecule has 1 N–H and O–H groups in total. The number of rotatable bonds is 5. The average molecular weight is 489 g/mol. The van der Waals surface area contributed by atoms with Crippen molar-refractivity contribution in [2.75, 3.05) is 0 Å². The van der Waals surface area contributed by atoms with Crippen LogP contribution in [0.3, 0.4) is 0 Å². The summed E-state index contributed by atoms with van der Waals surface area (Å²) in [5.41, 5.74) is -0.960. The molecule has 6 nitrogen and oxygen atoms in total. The Morgan fingerprint density at radius 2 is 1.29 bits per heavy atom. The Labute approximate surface area is 209 Å². The Morgan fingerprint density at radius 1 is 0.714 bits per heavy atom. The predicted octanol–water partition coefficient (Wildman–Crippen LogP) is 6.51. The van der Waals surface area contributed by atoms with Gasteiger partial charge in [-0.1, -0.05) is 78.1 Å². The summed E-state index contributed by atoms with van der Waals surface area (Å²) in [5.74, 6) is 0.831. The molecular weight excluding hydrogens is 444 g/mol. The summed E-state index contributed by atoms with van der Waals surface area (Å²) in [6, 6.07) is 0. The molecule has 4 aliphatic carbocycles. The molecule has 2 unspecified atom stereocenters. The van der Waals surface area contributed by atoms with Gasteiger partial charge in [0.25, 0.3) is 0 Å². The van der Waals surface area contributed by atoms with E-state index >= 15 is 0 Å². The number of hydrogen-bond acceptors (Lipinski definition) is 5. The zero-order valence-corrected chi connectivity index (χ0v) is 21.7. The largest absolute Gasteiger partial charge is 0.481 e. The van der Waals surface area contributed by atoms with Crippen LogP contribution in [0, 0.1) is 28.6 Å². The zero-order valence-electron chi connectivity index (χ0n) is 21.7. The van der Waals surface area contributed by atoms with E-state index in [1.54, 1.807) is 0 Å². The topological polar surface area (TPSA) is 87.4 Å². The third-order valence-electron chi connectivity index (χ3n) is 11.4. The lowest BCUT2D eigenvalue weighted by Gasteiger charge is -2.46. The lowest BCUT2D eigenvalue weighted by atomic mass is 9.54. The van der Waals surface area contributed by atoms with Gasteiger partial charge in [-0.25, -0.2) is 0 Å². The highest BCUT2D eigenvalue weighted by atomic mass is 17.1. The maximum atomic E-state index is 12.2. The normalized spacial score (nSPS) is 50.9. The van der Waals surface area contributed by atoms with Crippen LogP contribution in [0.2, 0.25) is 0 Å². The van der Waals surface area contributed by atoms with Crippen molar-refractivity contribution in [3.8, 4) is 0 Å². The van der Waals surface area contributed by atoms with Crippen LogP contribution in [0.15, 0.2) is 0 Å². The van der Waals surface area contributed by atoms with Gasteiger partial charge in [0, 0.05) is 25.7 Å². The molecule has 0 spiro atoms. The number of aliphatic carboxylic acids is 1. The van der Waals surface area contributed by atoms with Crippen molar-refractivity contribution in [3.05, 3.63) is 0 Å². The second-order valence-corrected chi connectivity index (χ2v) is 14.1. The van der Waals surface area contributed by atoms with Gasteiger partial charge in [-0.05, 0) is 42.4 Å². The van der Waals surface area contributed by atoms with Gasteiger partial charge in [0.1, 0.15) is 0 Å². The molecule has 8 rings (SSSR count). The Kier molecular flexibility index (Phi) is 4.99. The highest BCUT2D eigenvalue weighted by Crippen LogP contribution is 2.81. The third-order valence-corrected chi connectivity index (χ3v) is 11.4. The van der Waals surface area contributed by atoms with Crippen molar-refractivity contribution in [1.29, 1.82) is 0 Å². The number of epoxide rings is 4. The van der Waals surface area contributed by atoms with Gasteiger partial charge in [-0.15, -0.1) is 0 Å². The molecule has 35 heavy (non-hydrogen) atoms. The van der Waals surface area contributed by atoms with E-state index in [-0.39, 0.29) is 17.0 Å². The lowest BCUT2D eigenvalue weighted by Crippen LogP contribution is -2.50. The molecule has 4 saturated heterocycles. The lowest BCUT2D eigenvalue weighted by molar-refractivity contribution is -0.163. The van der Waals surface area contributed by atoms with Crippen molar-refractivity contribution in [2.24, 2.45) is 28.6 Å². The van der Waals surface area contributed by atoms with Crippen molar-refractivity contribution in [3.63, 3.8) is 0 Å². The fourth-order valence-electron chi connectivity index (χ4n) is 8.97. The molecule has 4 heterocycles. The Balaban J connectivity index is 0.000000125. The fraction of sp³-hybridized carbons (Fsp3) is 0.966. The molecule has 2 atom stereocenters. The minimum absolute atomic E-state index is 0.0317. The number of ether oxygens (including phenoxy) is 4. The second kappa shape index (κ2) is 7.45. The highest BCUT2D eigenvalue weighted by molar-refractivity contribution is 5.77. The summed E-state index contributed by atoms with van der Waals surface area (Å²) < 4.78 is 22.7. The minimum atomic E-state index is -0.689. The van der Waals surface area contributed by atoms with Gasteiger partial charge in [-0.2, -0.15) is 0 Å². The van der Waals surface area contributed by atoms with Crippen LogP contribution in [0.1, 0.15) is 123 Å². The first-order valence-corrected chi connectivity index (χ1v) is 14.7. The average Bonchev–Trinajstić information content (AvgIpc) is 3.72. The van der Waals surface area contributed by atoms with Gasteiger partial charge in [0.05, 0.1) is 5.41 Å². The van der Waals surface area contributed by atoms with E-state index in [0.717, 1.165) is 24.7 Å². The van der Waals surface area contributed by atoms with E-state index in [0.29, 0.717) is 12.3 Å². The van der Waals surface area contributed by atoms with E-state index in [4.69, 9.17) is 18.9 Å². The van der Waals surface area contributed by atoms with Crippen LogP contribution in [-0.2, 0) is 23.7 Å². The van der Waals surface area contributed by atoms with Crippen LogP contribution in [-0.4, -0.2) is 34.2 Å². The van der Waals surface area contributed by atoms with E-state index in [9.17, 15) is 9.90 Å². The molecule has 0 aromatic heterocycles. The predicted molar refractivity (Wildman–Crippen MR) is 128 cm³/mol.